The average Bonchev–Trinajstić information content (AvgIpc) is 2.60. The van der Waals surface area contributed by atoms with Gasteiger partial charge in [-0.2, -0.15) is 0 Å². The number of carbonyl (C=O) groups is 1. The van der Waals surface area contributed by atoms with Crippen LogP contribution in [0.3, 0.4) is 0 Å². The molecule has 0 aromatic heterocycles. The van der Waals surface area contributed by atoms with Crippen LogP contribution in [0.5, 0.6) is 11.5 Å². The highest BCUT2D eigenvalue weighted by molar-refractivity contribution is 7.92. The zero-order chi connectivity index (χ0) is 18.6. The van der Waals surface area contributed by atoms with E-state index < -0.39 is 10.0 Å². The molecule has 0 atom stereocenters. The number of nitrogens with one attached hydrogen (secondary N) is 2. The fourth-order valence-electron chi connectivity index (χ4n) is 2.25. The second kappa shape index (κ2) is 7.43. The summed E-state index contributed by atoms with van der Waals surface area (Å²) in [5.74, 6) is 0.477. The lowest BCUT2D eigenvalue weighted by atomic mass is 10.1. The Hall–Kier alpha value is -2.74. The number of hydrogen-bond acceptors (Lipinski definition) is 5. The Morgan fingerprint density at radius 2 is 1.76 bits per heavy atom. The minimum Gasteiger partial charge on any atom is -0.497 e. The maximum absolute atomic E-state index is 12.7. The Morgan fingerprint density at radius 1 is 1.04 bits per heavy atom. The lowest BCUT2D eigenvalue weighted by Gasteiger charge is -2.14. The van der Waals surface area contributed by atoms with Gasteiger partial charge in [-0.25, -0.2) is 8.42 Å². The van der Waals surface area contributed by atoms with Crippen LogP contribution in [0.1, 0.15) is 15.9 Å². The van der Waals surface area contributed by atoms with Crippen molar-refractivity contribution in [2.24, 2.45) is 0 Å². The highest BCUT2D eigenvalue weighted by Crippen LogP contribution is 2.31. The van der Waals surface area contributed by atoms with Crippen LogP contribution in [0.15, 0.2) is 41.3 Å². The topological polar surface area (TPSA) is 93.7 Å². The van der Waals surface area contributed by atoms with Gasteiger partial charge in [0.05, 0.1) is 24.8 Å². The predicted octanol–water partition coefficient (Wildman–Crippen LogP) is 2.17. The first kappa shape index (κ1) is 18.6. The molecule has 25 heavy (non-hydrogen) atoms. The molecule has 0 heterocycles. The molecule has 0 bridgehead atoms. The van der Waals surface area contributed by atoms with Crippen molar-refractivity contribution in [1.82, 2.24) is 5.32 Å². The third-order valence-corrected chi connectivity index (χ3v) is 5.01. The van der Waals surface area contributed by atoms with Crippen molar-refractivity contribution in [2.45, 2.75) is 11.8 Å². The van der Waals surface area contributed by atoms with Crippen LogP contribution in [0.25, 0.3) is 0 Å². The molecule has 0 aliphatic rings. The first-order chi connectivity index (χ1) is 11.8. The fraction of sp³-hybridized carbons (Fsp3) is 0.235. The molecule has 0 saturated carbocycles. The molecule has 0 spiro atoms. The van der Waals surface area contributed by atoms with Crippen molar-refractivity contribution in [2.75, 3.05) is 26.0 Å². The summed E-state index contributed by atoms with van der Waals surface area (Å²) >= 11 is 0. The van der Waals surface area contributed by atoms with E-state index in [1.807, 2.05) is 0 Å². The number of methoxy groups -OCH3 is 2. The van der Waals surface area contributed by atoms with E-state index in [0.29, 0.717) is 22.6 Å². The smallest absolute Gasteiger partial charge is 0.262 e. The van der Waals surface area contributed by atoms with Gasteiger partial charge in [0.25, 0.3) is 15.9 Å². The van der Waals surface area contributed by atoms with E-state index >= 15 is 0 Å². The van der Waals surface area contributed by atoms with E-state index in [1.54, 1.807) is 25.1 Å². The Labute approximate surface area is 147 Å². The van der Waals surface area contributed by atoms with E-state index in [9.17, 15) is 13.2 Å². The molecule has 2 aromatic rings. The van der Waals surface area contributed by atoms with Gasteiger partial charge in [0.15, 0.2) is 0 Å². The molecule has 2 aromatic carbocycles. The summed E-state index contributed by atoms with van der Waals surface area (Å²) < 4.78 is 38.2. The number of aryl methyl sites for hydroxylation is 1. The summed E-state index contributed by atoms with van der Waals surface area (Å²) in [6, 6.07) is 9.14. The van der Waals surface area contributed by atoms with Crippen molar-refractivity contribution in [1.29, 1.82) is 0 Å². The molecule has 0 fully saturated rings. The molecule has 2 rings (SSSR count). The second-order valence-corrected chi connectivity index (χ2v) is 6.91. The van der Waals surface area contributed by atoms with Crippen LogP contribution in [-0.2, 0) is 10.0 Å². The normalized spacial score (nSPS) is 10.9. The summed E-state index contributed by atoms with van der Waals surface area (Å²) in [6.07, 6.45) is 0. The first-order valence-corrected chi connectivity index (χ1v) is 8.88. The predicted molar refractivity (Wildman–Crippen MR) is 94.9 cm³/mol. The average molecular weight is 364 g/mol. The number of ether oxygens (including phenoxy) is 2. The minimum atomic E-state index is -3.92. The molecule has 7 nitrogen and oxygen atoms in total. The van der Waals surface area contributed by atoms with Crippen LogP contribution in [-0.4, -0.2) is 35.6 Å². The lowest BCUT2D eigenvalue weighted by Crippen LogP contribution is -2.20. The maximum Gasteiger partial charge on any atom is 0.262 e. The monoisotopic (exact) mass is 364 g/mol. The number of hydrogen-bond donors (Lipinski definition) is 2. The van der Waals surface area contributed by atoms with Gasteiger partial charge in [0.1, 0.15) is 11.5 Å². The van der Waals surface area contributed by atoms with E-state index in [1.165, 1.54) is 39.5 Å². The zero-order valence-electron chi connectivity index (χ0n) is 14.4. The molecule has 0 radical (unpaired) electrons. The number of carbonyl (C=O) groups excluding carboxylic acids is 1. The van der Waals surface area contributed by atoms with Gasteiger partial charge in [-0.3, -0.25) is 9.52 Å². The fourth-order valence-corrected chi connectivity index (χ4v) is 3.33. The standard InChI is InChI=1S/C17H20N2O5S/c1-11-5-7-13(10-14(11)17(20)18-2)25(21,22)19-15-9-12(23-3)6-8-16(15)24-4/h5-10,19H,1-4H3,(H,18,20). The molecule has 0 saturated heterocycles. The number of anilines is 1. The van der Waals surface area contributed by atoms with Crippen molar-refractivity contribution in [3.63, 3.8) is 0 Å². The van der Waals surface area contributed by atoms with Gasteiger partial charge in [-0.15, -0.1) is 0 Å². The van der Waals surface area contributed by atoms with Crippen molar-refractivity contribution >= 4 is 21.6 Å². The molecule has 1 amide bonds. The molecular formula is C17H20N2O5S. The van der Waals surface area contributed by atoms with Gasteiger partial charge in [0.2, 0.25) is 0 Å². The Morgan fingerprint density at radius 3 is 2.36 bits per heavy atom. The highest BCUT2D eigenvalue weighted by Gasteiger charge is 2.20. The van der Waals surface area contributed by atoms with Gasteiger partial charge in [0, 0.05) is 18.7 Å². The summed E-state index contributed by atoms with van der Waals surface area (Å²) in [5, 5.41) is 2.49. The molecule has 8 heteroatoms. The molecule has 0 aliphatic carbocycles. The minimum absolute atomic E-state index is 0.0263. The van der Waals surface area contributed by atoms with Crippen LogP contribution in [0.4, 0.5) is 5.69 Å². The van der Waals surface area contributed by atoms with E-state index in [0.717, 1.165) is 0 Å². The molecule has 2 N–H and O–H groups in total. The maximum atomic E-state index is 12.7. The van der Waals surface area contributed by atoms with Gasteiger partial charge in [-0.05, 0) is 36.8 Å². The van der Waals surface area contributed by atoms with E-state index in [2.05, 4.69) is 10.0 Å². The van der Waals surface area contributed by atoms with Crippen molar-refractivity contribution < 1.29 is 22.7 Å². The van der Waals surface area contributed by atoms with Crippen molar-refractivity contribution in [3.05, 3.63) is 47.5 Å². The molecule has 0 aliphatic heterocycles. The molecule has 134 valence electrons. The quantitative estimate of drug-likeness (QED) is 0.819. The third-order valence-electron chi connectivity index (χ3n) is 3.64. The van der Waals surface area contributed by atoms with Crippen LogP contribution in [0.2, 0.25) is 0 Å². The Bertz CT molecular complexity index is 894. The summed E-state index contributed by atoms with van der Waals surface area (Å²) in [4.78, 5) is 11.9. The van der Waals surface area contributed by atoms with E-state index in [4.69, 9.17) is 9.47 Å². The largest absolute Gasteiger partial charge is 0.497 e. The van der Waals surface area contributed by atoms with Gasteiger partial charge in [-0.1, -0.05) is 6.07 Å². The third kappa shape index (κ3) is 4.03. The number of amides is 1. The number of benzene rings is 2. The summed E-state index contributed by atoms with van der Waals surface area (Å²) in [6.45, 7) is 1.74. The molecular weight excluding hydrogens is 344 g/mol. The van der Waals surface area contributed by atoms with Crippen LogP contribution < -0.4 is 19.5 Å². The zero-order valence-corrected chi connectivity index (χ0v) is 15.2. The van der Waals surface area contributed by atoms with Crippen LogP contribution >= 0.6 is 0 Å². The van der Waals surface area contributed by atoms with Gasteiger partial charge < -0.3 is 14.8 Å². The molecule has 0 unspecified atom stereocenters. The summed E-state index contributed by atoms with van der Waals surface area (Å²) in [5.41, 5.74) is 1.21. The van der Waals surface area contributed by atoms with E-state index in [-0.39, 0.29) is 16.5 Å². The summed E-state index contributed by atoms with van der Waals surface area (Å²) in [7, 11) is 0.492. The van der Waals surface area contributed by atoms with Crippen molar-refractivity contribution in [3.8, 4) is 11.5 Å². The SMILES string of the molecule is CNC(=O)c1cc(S(=O)(=O)Nc2cc(OC)ccc2OC)ccc1C. The number of rotatable bonds is 6. The first-order valence-electron chi connectivity index (χ1n) is 7.40. The Balaban J connectivity index is 2.45. The lowest BCUT2D eigenvalue weighted by molar-refractivity contribution is 0.0962. The second-order valence-electron chi connectivity index (χ2n) is 5.23. The number of sulfonamides is 1. The Kier molecular flexibility index (Phi) is 5.53. The van der Waals surface area contributed by atoms with Gasteiger partial charge >= 0.3 is 0 Å². The highest BCUT2D eigenvalue weighted by atomic mass is 32.2. The van der Waals surface area contributed by atoms with Crippen LogP contribution in [0, 0.1) is 6.92 Å².